The standard InChI is InChI=1S/C21H24O6/c1-5-26-17-9-7-16(8-10-17)21(23)14(2)27-20(22)13-15-6-11-18(24-3)19(12-15)25-4/h6-12,14H,5,13H2,1-4H3/t14-/m1/s1. The maximum atomic E-state index is 12.4. The third-order valence-electron chi connectivity index (χ3n) is 3.92. The Labute approximate surface area is 159 Å². The first kappa shape index (κ1) is 20.3. The van der Waals surface area contributed by atoms with Gasteiger partial charge in [0.05, 0.1) is 27.2 Å². The van der Waals surface area contributed by atoms with E-state index < -0.39 is 12.1 Å². The molecular formula is C21H24O6. The topological polar surface area (TPSA) is 71.1 Å². The largest absolute Gasteiger partial charge is 0.494 e. The molecule has 0 saturated heterocycles. The number of carbonyl (C=O) groups excluding carboxylic acids is 2. The number of hydrogen-bond donors (Lipinski definition) is 0. The molecule has 6 nitrogen and oxygen atoms in total. The molecule has 144 valence electrons. The lowest BCUT2D eigenvalue weighted by atomic mass is 10.1. The molecule has 0 aliphatic heterocycles. The number of Topliss-reactive ketones (excluding diaryl/α,β-unsaturated/α-hetero) is 1. The molecule has 0 radical (unpaired) electrons. The van der Waals surface area contributed by atoms with Crippen LogP contribution in [0.1, 0.15) is 29.8 Å². The monoisotopic (exact) mass is 372 g/mol. The van der Waals surface area contributed by atoms with E-state index in [0.29, 0.717) is 35.0 Å². The van der Waals surface area contributed by atoms with E-state index in [4.69, 9.17) is 18.9 Å². The first-order valence-electron chi connectivity index (χ1n) is 8.66. The highest BCUT2D eigenvalue weighted by Crippen LogP contribution is 2.27. The summed E-state index contributed by atoms with van der Waals surface area (Å²) in [5.74, 6) is 1.04. The molecule has 2 aromatic rings. The van der Waals surface area contributed by atoms with E-state index in [1.165, 1.54) is 7.11 Å². The van der Waals surface area contributed by atoms with Crippen molar-refractivity contribution in [2.75, 3.05) is 20.8 Å². The maximum Gasteiger partial charge on any atom is 0.310 e. The van der Waals surface area contributed by atoms with Crippen molar-refractivity contribution in [1.82, 2.24) is 0 Å². The predicted molar refractivity (Wildman–Crippen MR) is 101 cm³/mol. The normalized spacial score (nSPS) is 11.4. The fraction of sp³-hybridized carbons (Fsp3) is 0.333. The van der Waals surface area contributed by atoms with E-state index in [1.54, 1.807) is 56.5 Å². The Morgan fingerprint density at radius 1 is 0.963 bits per heavy atom. The van der Waals surface area contributed by atoms with E-state index in [0.717, 1.165) is 0 Å². The number of methoxy groups -OCH3 is 2. The van der Waals surface area contributed by atoms with Gasteiger partial charge in [-0.15, -0.1) is 0 Å². The van der Waals surface area contributed by atoms with Crippen molar-refractivity contribution in [1.29, 1.82) is 0 Å². The van der Waals surface area contributed by atoms with E-state index in [2.05, 4.69) is 0 Å². The third-order valence-corrected chi connectivity index (χ3v) is 3.92. The molecule has 0 heterocycles. The van der Waals surface area contributed by atoms with E-state index >= 15 is 0 Å². The Bertz CT molecular complexity index is 782. The first-order chi connectivity index (χ1) is 13.0. The fourth-order valence-corrected chi connectivity index (χ4v) is 2.57. The Hall–Kier alpha value is -3.02. The molecule has 6 heteroatoms. The van der Waals surface area contributed by atoms with E-state index in [-0.39, 0.29) is 12.2 Å². The molecular weight excluding hydrogens is 348 g/mol. The first-order valence-corrected chi connectivity index (χ1v) is 8.66. The molecule has 0 unspecified atom stereocenters. The van der Waals surface area contributed by atoms with Gasteiger partial charge >= 0.3 is 5.97 Å². The number of benzene rings is 2. The van der Waals surface area contributed by atoms with Gasteiger partial charge < -0.3 is 18.9 Å². The molecule has 0 aliphatic rings. The van der Waals surface area contributed by atoms with Crippen LogP contribution in [0.5, 0.6) is 17.2 Å². The lowest BCUT2D eigenvalue weighted by molar-refractivity contribution is -0.145. The van der Waals surface area contributed by atoms with Crippen molar-refractivity contribution < 1.29 is 28.5 Å². The third kappa shape index (κ3) is 5.48. The highest BCUT2D eigenvalue weighted by Gasteiger charge is 2.20. The van der Waals surface area contributed by atoms with Crippen molar-refractivity contribution in [3.05, 3.63) is 53.6 Å². The summed E-state index contributed by atoms with van der Waals surface area (Å²) >= 11 is 0. The summed E-state index contributed by atoms with van der Waals surface area (Å²) < 4.78 is 21.0. The smallest absolute Gasteiger partial charge is 0.310 e. The van der Waals surface area contributed by atoms with Gasteiger partial charge in [-0.3, -0.25) is 9.59 Å². The highest BCUT2D eigenvalue weighted by atomic mass is 16.5. The van der Waals surface area contributed by atoms with Crippen LogP contribution in [0.2, 0.25) is 0 Å². The molecule has 0 spiro atoms. The molecule has 0 aliphatic carbocycles. The van der Waals surface area contributed by atoms with Crippen molar-refractivity contribution in [2.24, 2.45) is 0 Å². The number of esters is 1. The van der Waals surface area contributed by atoms with Crippen molar-refractivity contribution in [2.45, 2.75) is 26.4 Å². The van der Waals surface area contributed by atoms with Crippen LogP contribution in [-0.2, 0) is 16.0 Å². The molecule has 2 aromatic carbocycles. The Morgan fingerprint density at radius 2 is 1.63 bits per heavy atom. The lowest BCUT2D eigenvalue weighted by Crippen LogP contribution is -2.25. The Balaban J connectivity index is 1.97. The molecule has 0 fully saturated rings. The Kier molecular flexibility index (Phi) is 7.23. The van der Waals surface area contributed by atoms with Gasteiger partial charge in [-0.2, -0.15) is 0 Å². The van der Waals surface area contributed by atoms with Gasteiger partial charge in [0.2, 0.25) is 5.78 Å². The van der Waals surface area contributed by atoms with Gasteiger partial charge in [-0.25, -0.2) is 0 Å². The van der Waals surface area contributed by atoms with Gasteiger partial charge in [0.15, 0.2) is 17.6 Å². The molecule has 2 rings (SSSR count). The van der Waals surface area contributed by atoms with Crippen molar-refractivity contribution in [3.63, 3.8) is 0 Å². The van der Waals surface area contributed by atoms with Gasteiger partial charge in [0, 0.05) is 5.56 Å². The second-order valence-corrected chi connectivity index (χ2v) is 5.82. The number of hydrogen-bond acceptors (Lipinski definition) is 6. The second-order valence-electron chi connectivity index (χ2n) is 5.82. The van der Waals surface area contributed by atoms with Crippen LogP contribution in [0, 0.1) is 0 Å². The van der Waals surface area contributed by atoms with Crippen LogP contribution in [-0.4, -0.2) is 38.7 Å². The average molecular weight is 372 g/mol. The molecule has 0 N–H and O–H groups in total. The summed E-state index contributed by atoms with van der Waals surface area (Å²) in [6, 6.07) is 11.9. The SMILES string of the molecule is CCOc1ccc(C(=O)[C@@H](C)OC(=O)Cc2ccc(OC)c(OC)c2)cc1. The number of ether oxygens (including phenoxy) is 4. The fourth-order valence-electron chi connectivity index (χ4n) is 2.57. The summed E-state index contributed by atoms with van der Waals surface area (Å²) in [7, 11) is 3.07. The van der Waals surface area contributed by atoms with E-state index in [9.17, 15) is 9.59 Å². The van der Waals surface area contributed by atoms with Crippen LogP contribution in [0.3, 0.4) is 0 Å². The number of carbonyl (C=O) groups is 2. The van der Waals surface area contributed by atoms with Gasteiger partial charge in [-0.1, -0.05) is 6.07 Å². The van der Waals surface area contributed by atoms with Crippen LogP contribution < -0.4 is 14.2 Å². The molecule has 0 bridgehead atoms. The molecule has 27 heavy (non-hydrogen) atoms. The zero-order valence-electron chi connectivity index (χ0n) is 16.0. The highest BCUT2D eigenvalue weighted by molar-refractivity contribution is 6.00. The summed E-state index contributed by atoms with van der Waals surface area (Å²) in [4.78, 5) is 24.6. The van der Waals surface area contributed by atoms with Crippen LogP contribution in [0.4, 0.5) is 0 Å². The molecule has 0 saturated carbocycles. The lowest BCUT2D eigenvalue weighted by Gasteiger charge is -2.13. The molecule has 1 atom stereocenters. The quantitative estimate of drug-likeness (QED) is 0.496. The van der Waals surface area contributed by atoms with Crippen LogP contribution >= 0.6 is 0 Å². The van der Waals surface area contributed by atoms with Crippen molar-refractivity contribution >= 4 is 11.8 Å². The Morgan fingerprint density at radius 3 is 2.22 bits per heavy atom. The van der Waals surface area contributed by atoms with E-state index in [1.807, 2.05) is 6.92 Å². The zero-order chi connectivity index (χ0) is 19.8. The number of rotatable bonds is 9. The average Bonchev–Trinajstić information content (AvgIpc) is 2.68. The predicted octanol–water partition coefficient (Wildman–Crippen LogP) is 3.46. The summed E-state index contributed by atoms with van der Waals surface area (Å²) in [5, 5.41) is 0. The van der Waals surface area contributed by atoms with Gasteiger partial charge in [-0.05, 0) is 55.8 Å². The van der Waals surface area contributed by atoms with Crippen LogP contribution in [0.15, 0.2) is 42.5 Å². The van der Waals surface area contributed by atoms with Crippen molar-refractivity contribution in [3.8, 4) is 17.2 Å². The van der Waals surface area contributed by atoms with Crippen LogP contribution in [0.25, 0.3) is 0 Å². The maximum absolute atomic E-state index is 12.4. The minimum Gasteiger partial charge on any atom is -0.494 e. The minimum absolute atomic E-state index is 0.0290. The zero-order valence-corrected chi connectivity index (χ0v) is 16.0. The number of ketones is 1. The summed E-state index contributed by atoms with van der Waals surface area (Å²) in [5.41, 5.74) is 1.17. The van der Waals surface area contributed by atoms with Gasteiger partial charge in [0.1, 0.15) is 5.75 Å². The molecule has 0 aromatic heterocycles. The summed E-state index contributed by atoms with van der Waals surface area (Å²) in [6.45, 7) is 4.00. The molecule has 0 amide bonds. The summed E-state index contributed by atoms with van der Waals surface area (Å²) in [6.07, 6.45) is -0.850. The van der Waals surface area contributed by atoms with Gasteiger partial charge in [0.25, 0.3) is 0 Å². The second kappa shape index (κ2) is 9.62. The minimum atomic E-state index is -0.879.